The molecule has 0 saturated heterocycles. The second kappa shape index (κ2) is 4.76. The van der Waals surface area contributed by atoms with Crippen molar-refractivity contribution in [3.05, 3.63) is 23.5 Å². The van der Waals surface area contributed by atoms with E-state index < -0.39 is 38.9 Å². The van der Waals surface area contributed by atoms with Gasteiger partial charge in [0.15, 0.2) is 9.84 Å². The van der Waals surface area contributed by atoms with E-state index in [1.165, 1.54) is 0 Å². The molecule has 4 nitrogen and oxygen atoms in total. The smallest absolute Gasteiger partial charge is 0.259 e. The molecule has 1 amide bonds. The van der Waals surface area contributed by atoms with Gasteiger partial charge in [0.2, 0.25) is 5.91 Å². The number of halogens is 3. The monoisotopic (exact) mass is 307 g/mol. The van der Waals surface area contributed by atoms with E-state index >= 15 is 0 Å². The molecule has 1 aromatic carbocycles. The molecule has 0 fully saturated rings. The largest absolute Gasteiger partial charge is 0.303 e. The lowest BCUT2D eigenvalue weighted by Crippen LogP contribution is -2.40. The molecule has 0 N–H and O–H groups in total. The lowest BCUT2D eigenvalue weighted by molar-refractivity contribution is -0.117. The number of anilines is 1. The Bertz CT molecular complexity index is 673. The SMILES string of the molecule is CC(=O)N1c2cc(S(C)(=O)=O)c(F)cc2CC1C(F)F. The summed E-state index contributed by atoms with van der Waals surface area (Å²) in [5.41, 5.74) is 0.236. The van der Waals surface area contributed by atoms with Gasteiger partial charge < -0.3 is 4.90 Å². The summed E-state index contributed by atoms with van der Waals surface area (Å²) >= 11 is 0. The number of amides is 1. The molecule has 0 saturated carbocycles. The number of benzene rings is 1. The lowest BCUT2D eigenvalue weighted by atomic mass is 10.1. The summed E-state index contributed by atoms with van der Waals surface area (Å²) in [6, 6.07) is 0.463. The summed E-state index contributed by atoms with van der Waals surface area (Å²) in [5.74, 6) is -1.63. The normalized spacial score (nSPS) is 18.5. The number of fused-ring (bicyclic) bond motifs is 1. The quantitative estimate of drug-likeness (QED) is 0.837. The zero-order valence-corrected chi connectivity index (χ0v) is 11.5. The highest BCUT2D eigenvalue weighted by Crippen LogP contribution is 2.37. The first-order chi connectivity index (χ1) is 9.12. The number of hydrogen-bond acceptors (Lipinski definition) is 3. The summed E-state index contributed by atoms with van der Waals surface area (Å²) in [5, 5.41) is 0. The van der Waals surface area contributed by atoms with Gasteiger partial charge in [-0.25, -0.2) is 21.6 Å². The van der Waals surface area contributed by atoms with Gasteiger partial charge in [0.05, 0.1) is 0 Å². The maximum atomic E-state index is 13.7. The van der Waals surface area contributed by atoms with Crippen molar-refractivity contribution in [3.63, 3.8) is 0 Å². The van der Waals surface area contributed by atoms with Crippen molar-refractivity contribution in [2.75, 3.05) is 11.2 Å². The number of carbonyl (C=O) groups is 1. The third-order valence-corrected chi connectivity index (χ3v) is 4.29. The summed E-state index contributed by atoms with van der Waals surface area (Å²) in [4.78, 5) is 11.7. The topological polar surface area (TPSA) is 54.5 Å². The number of nitrogens with zero attached hydrogens (tertiary/aromatic N) is 1. The molecular formula is C12H12F3NO3S. The van der Waals surface area contributed by atoms with Gasteiger partial charge in [-0.15, -0.1) is 0 Å². The van der Waals surface area contributed by atoms with E-state index in [1.807, 2.05) is 0 Å². The third-order valence-electron chi connectivity index (χ3n) is 3.18. The van der Waals surface area contributed by atoms with Crippen LogP contribution in [0.1, 0.15) is 12.5 Å². The van der Waals surface area contributed by atoms with Crippen LogP contribution in [0.2, 0.25) is 0 Å². The van der Waals surface area contributed by atoms with E-state index in [1.54, 1.807) is 0 Å². The van der Waals surface area contributed by atoms with Crippen LogP contribution in [0, 0.1) is 5.82 Å². The van der Waals surface area contributed by atoms with Crippen LogP contribution in [0.15, 0.2) is 17.0 Å². The van der Waals surface area contributed by atoms with Crippen molar-refractivity contribution in [2.24, 2.45) is 0 Å². The number of sulfone groups is 1. The first-order valence-electron chi connectivity index (χ1n) is 5.73. The van der Waals surface area contributed by atoms with Gasteiger partial charge >= 0.3 is 0 Å². The van der Waals surface area contributed by atoms with E-state index in [-0.39, 0.29) is 17.7 Å². The molecule has 1 aliphatic rings. The first kappa shape index (κ1) is 14.8. The number of alkyl halides is 2. The molecule has 0 aliphatic carbocycles. The molecule has 1 atom stereocenters. The van der Waals surface area contributed by atoms with Crippen LogP contribution in [0.4, 0.5) is 18.9 Å². The highest BCUT2D eigenvalue weighted by atomic mass is 32.2. The van der Waals surface area contributed by atoms with Crippen molar-refractivity contribution >= 4 is 21.4 Å². The van der Waals surface area contributed by atoms with Gasteiger partial charge in [-0.05, 0) is 17.7 Å². The molecule has 1 aliphatic heterocycles. The Kier molecular flexibility index (Phi) is 3.53. The van der Waals surface area contributed by atoms with Crippen molar-refractivity contribution in [1.29, 1.82) is 0 Å². The average molecular weight is 307 g/mol. The first-order valence-corrected chi connectivity index (χ1v) is 7.62. The third kappa shape index (κ3) is 2.39. The molecule has 0 spiro atoms. The molecule has 2 rings (SSSR count). The Morgan fingerprint density at radius 3 is 2.45 bits per heavy atom. The fourth-order valence-electron chi connectivity index (χ4n) is 2.36. The Hall–Kier alpha value is -1.57. The number of hydrogen-bond donors (Lipinski definition) is 0. The summed E-state index contributed by atoms with van der Waals surface area (Å²) in [6.45, 7) is 1.11. The van der Waals surface area contributed by atoms with E-state index in [0.29, 0.717) is 0 Å². The molecule has 1 aromatic rings. The maximum absolute atomic E-state index is 13.7. The van der Waals surface area contributed by atoms with Crippen LogP contribution in [0.5, 0.6) is 0 Å². The Balaban J connectivity index is 2.63. The van der Waals surface area contributed by atoms with Crippen molar-refractivity contribution in [2.45, 2.75) is 30.7 Å². The van der Waals surface area contributed by atoms with Crippen LogP contribution >= 0.6 is 0 Å². The Morgan fingerprint density at radius 2 is 2.00 bits per heavy atom. The molecular weight excluding hydrogens is 295 g/mol. The van der Waals surface area contributed by atoms with Gasteiger partial charge in [0, 0.05) is 25.3 Å². The second-order valence-electron chi connectivity index (χ2n) is 4.68. The lowest BCUT2D eigenvalue weighted by Gasteiger charge is -2.23. The molecule has 0 radical (unpaired) electrons. The van der Waals surface area contributed by atoms with E-state index in [9.17, 15) is 26.4 Å². The average Bonchev–Trinajstić information content (AvgIpc) is 2.64. The van der Waals surface area contributed by atoms with Crippen LogP contribution in [0.3, 0.4) is 0 Å². The number of rotatable bonds is 2. The van der Waals surface area contributed by atoms with Gasteiger partial charge in [0.1, 0.15) is 16.8 Å². The van der Waals surface area contributed by atoms with Gasteiger partial charge in [0.25, 0.3) is 6.43 Å². The summed E-state index contributed by atoms with van der Waals surface area (Å²) < 4.78 is 62.5. The second-order valence-corrected chi connectivity index (χ2v) is 6.66. The van der Waals surface area contributed by atoms with Gasteiger partial charge in [-0.1, -0.05) is 0 Å². The minimum atomic E-state index is -3.84. The van der Waals surface area contributed by atoms with Crippen molar-refractivity contribution < 1.29 is 26.4 Å². The molecule has 0 aromatic heterocycles. The van der Waals surface area contributed by atoms with E-state index in [0.717, 1.165) is 30.2 Å². The van der Waals surface area contributed by atoms with E-state index in [2.05, 4.69) is 0 Å². The highest BCUT2D eigenvalue weighted by molar-refractivity contribution is 7.90. The number of carbonyl (C=O) groups excluding carboxylic acids is 1. The van der Waals surface area contributed by atoms with Crippen LogP contribution in [-0.2, 0) is 21.1 Å². The predicted octanol–water partition coefficient (Wildman–Crippen LogP) is 1.77. The molecule has 1 heterocycles. The standard InChI is InChI=1S/C12H12F3NO3S/c1-6(17)16-9-5-11(20(2,18)19)8(13)3-7(9)4-10(16)12(14)15/h3,5,10,12H,4H2,1-2H3. The van der Waals surface area contributed by atoms with Crippen LogP contribution in [-0.4, -0.2) is 33.0 Å². The summed E-state index contributed by atoms with van der Waals surface area (Å²) in [6.07, 6.45) is -2.18. The molecule has 1 unspecified atom stereocenters. The zero-order chi connectivity index (χ0) is 15.2. The Labute approximate surface area is 114 Å². The van der Waals surface area contributed by atoms with E-state index in [4.69, 9.17) is 0 Å². The minimum absolute atomic E-state index is 0.0321. The highest BCUT2D eigenvalue weighted by Gasteiger charge is 2.39. The van der Waals surface area contributed by atoms with Crippen LogP contribution in [0.25, 0.3) is 0 Å². The fraction of sp³-hybridized carbons (Fsp3) is 0.417. The van der Waals surface area contributed by atoms with Crippen molar-refractivity contribution in [3.8, 4) is 0 Å². The van der Waals surface area contributed by atoms with Gasteiger partial charge in [-0.2, -0.15) is 0 Å². The Morgan fingerprint density at radius 1 is 1.40 bits per heavy atom. The molecule has 110 valence electrons. The minimum Gasteiger partial charge on any atom is -0.303 e. The van der Waals surface area contributed by atoms with Crippen LogP contribution < -0.4 is 4.90 Å². The zero-order valence-electron chi connectivity index (χ0n) is 10.7. The molecule has 8 heteroatoms. The molecule has 0 bridgehead atoms. The molecule has 20 heavy (non-hydrogen) atoms. The fourth-order valence-corrected chi connectivity index (χ4v) is 3.09. The van der Waals surface area contributed by atoms with Crippen molar-refractivity contribution in [1.82, 2.24) is 0 Å². The predicted molar refractivity (Wildman–Crippen MR) is 66.2 cm³/mol. The maximum Gasteiger partial charge on any atom is 0.259 e. The summed E-state index contributed by atoms with van der Waals surface area (Å²) in [7, 11) is -3.84. The van der Waals surface area contributed by atoms with Gasteiger partial charge in [-0.3, -0.25) is 4.79 Å².